The van der Waals surface area contributed by atoms with Crippen LogP contribution in [-0.4, -0.2) is 45.6 Å². The number of benzene rings is 1. The third-order valence-corrected chi connectivity index (χ3v) is 3.16. The van der Waals surface area contributed by atoms with E-state index in [9.17, 15) is 0 Å². The molecule has 0 bridgehead atoms. The summed E-state index contributed by atoms with van der Waals surface area (Å²) in [5, 5.41) is 0. The van der Waals surface area contributed by atoms with Gasteiger partial charge < -0.3 is 0 Å². The molecule has 0 atom stereocenters. The zero-order valence-electron chi connectivity index (χ0n) is 11.0. The Balaban J connectivity index is 2.40. The second-order valence-corrected chi connectivity index (χ2v) is 4.67. The number of fused-ring (bicyclic) bond motifs is 6. The van der Waals surface area contributed by atoms with Gasteiger partial charge in [-0.3, -0.25) is 29.9 Å². The molecular formula is C12H8B2N6. The summed E-state index contributed by atoms with van der Waals surface area (Å²) < 4.78 is 0. The quantitative estimate of drug-likeness (QED) is 0.269. The van der Waals surface area contributed by atoms with Crippen molar-refractivity contribution in [3.05, 3.63) is 24.8 Å². The Kier molecular flexibility index (Phi) is 2.20. The molecule has 8 heteroatoms. The summed E-state index contributed by atoms with van der Waals surface area (Å²) in [6.07, 6.45) is 6.76. The summed E-state index contributed by atoms with van der Waals surface area (Å²) in [6.45, 7) is 0. The van der Waals surface area contributed by atoms with Crippen molar-refractivity contribution in [3.63, 3.8) is 0 Å². The van der Waals surface area contributed by atoms with Crippen LogP contribution in [0.3, 0.4) is 0 Å². The molecule has 3 aromatic heterocycles. The Morgan fingerprint density at radius 2 is 0.950 bits per heavy atom. The molecule has 0 unspecified atom stereocenters. The Labute approximate surface area is 115 Å². The molecule has 3 heterocycles. The molecule has 0 aliphatic rings. The number of nitrogens with zero attached hydrogens (tertiary/aromatic N) is 6. The molecule has 0 saturated heterocycles. The van der Waals surface area contributed by atoms with Gasteiger partial charge in [0.1, 0.15) is 33.1 Å². The second kappa shape index (κ2) is 3.93. The third kappa shape index (κ3) is 1.48. The fourth-order valence-electron chi connectivity index (χ4n) is 2.32. The van der Waals surface area contributed by atoms with Gasteiger partial charge in [-0.15, -0.1) is 0 Å². The van der Waals surface area contributed by atoms with Crippen LogP contribution in [0.25, 0.3) is 33.1 Å². The van der Waals surface area contributed by atoms with Gasteiger partial charge in [0.05, 0.1) is 0 Å². The molecule has 0 spiro atoms. The predicted molar refractivity (Wildman–Crippen MR) is 82.1 cm³/mol. The van der Waals surface area contributed by atoms with E-state index < -0.39 is 0 Å². The molecular weight excluding hydrogens is 250 g/mol. The highest BCUT2D eigenvalue weighted by atomic mass is 14.9. The first kappa shape index (κ1) is 11.2. The van der Waals surface area contributed by atoms with Crippen molar-refractivity contribution in [3.8, 4) is 0 Å². The van der Waals surface area contributed by atoms with Crippen molar-refractivity contribution in [1.82, 2.24) is 29.9 Å². The van der Waals surface area contributed by atoms with E-state index in [0.717, 1.165) is 27.7 Å². The highest BCUT2D eigenvalue weighted by molar-refractivity contribution is 6.32. The van der Waals surface area contributed by atoms with Crippen molar-refractivity contribution >= 4 is 60.0 Å². The van der Waals surface area contributed by atoms with Gasteiger partial charge in [-0.25, -0.2) is 0 Å². The third-order valence-electron chi connectivity index (χ3n) is 3.16. The highest BCUT2D eigenvalue weighted by Gasteiger charge is 2.14. The van der Waals surface area contributed by atoms with Crippen molar-refractivity contribution in [2.45, 2.75) is 0 Å². The summed E-state index contributed by atoms with van der Waals surface area (Å²) >= 11 is 0. The van der Waals surface area contributed by atoms with E-state index in [2.05, 4.69) is 29.9 Å². The summed E-state index contributed by atoms with van der Waals surface area (Å²) in [6, 6.07) is 0. The second-order valence-electron chi connectivity index (χ2n) is 4.67. The van der Waals surface area contributed by atoms with Crippen molar-refractivity contribution < 1.29 is 0 Å². The van der Waals surface area contributed by atoms with Crippen molar-refractivity contribution in [1.29, 1.82) is 0 Å². The summed E-state index contributed by atoms with van der Waals surface area (Å²) in [4.78, 5) is 26.8. The molecule has 4 rings (SSSR count). The maximum absolute atomic E-state index is 4.55. The zero-order valence-corrected chi connectivity index (χ0v) is 11.0. The molecule has 0 saturated carbocycles. The molecule has 0 amide bonds. The lowest BCUT2D eigenvalue weighted by Crippen LogP contribution is -2.13. The molecule has 0 aliphatic heterocycles. The van der Waals surface area contributed by atoms with Gasteiger partial charge in [-0.1, -0.05) is 0 Å². The summed E-state index contributed by atoms with van der Waals surface area (Å²) in [5.41, 5.74) is 5.97. The summed E-state index contributed by atoms with van der Waals surface area (Å²) in [5.74, 6) is 0. The lowest BCUT2D eigenvalue weighted by Gasteiger charge is -2.07. The van der Waals surface area contributed by atoms with Crippen LogP contribution in [0.5, 0.6) is 0 Å². The van der Waals surface area contributed by atoms with E-state index in [1.807, 2.05) is 15.7 Å². The Morgan fingerprint density at radius 1 is 0.550 bits per heavy atom. The van der Waals surface area contributed by atoms with Crippen LogP contribution in [0.4, 0.5) is 0 Å². The van der Waals surface area contributed by atoms with E-state index in [1.165, 1.54) is 0 Å². The van der Waals surface area contributed by atoms with E-state index in [1.54, 1.807) is 24.8 Å². The van der Waals surface area contributed by atoms with E-state index >= 15 is 0 Å². The lowest BCUT2D eigenvalue weighted by molar-refractivity contribution is 1.26. The zero-order chi connectivity index (χ0) is 13.7. The van der Waals surface area contributed by atoms with Crippen LogP contribution < -0.4 is 11.2 Å². The number of aromatic nitrogens is 6. The molecule has 0 aliphatic carbocycles. The monoisotopic (exact) mass is 258 g/mol. The standard InChI is InChI=1S/C12H8B2N6/c13-5-3-17-9-7-8(16-2-1-15-7)11-10(12(9)20-5)18-4-6(14)19-11/h1-4H,13-14H2. The van der Waals surface area contributed by atoms with Gasteiger partial charge >= 0.3 is 0 Å². The largest absolute Gasteiger partial charge is 0.258 e. The first-order chi connectivity index (χ1) is 9.74. The minimum Gasteiger partial charge on any atom is -0.258 e. The topological polar surface area (TPSA) is 77.3 Å². The molecule has 4 aromatic rings. The molecule has 20 heavy (non-hydrogen) atoms. The average molecular weight is 258 g/mol. The average Bonchev–Trinajstić information content (AvgIpc) is 2.47. The fraction of sp³-hybridized carbons (Fsp3) is 0. The lowest BCUT2D eigenvalue weighted by atomic mass is 10.0. The van der Waals surface area contributed by atoms with Crippen molar-refractivity contribution in [2.75, 3.05) is 0 Å². The van der Waals surface area contributed by atoms with Gasteiger partial charge in [-0.2, -0.15) is 0 Å². The van der Waals surface area contributed by atoms with E-state index in [-0.39, 0.29) is 0 Å². The smallest absolute Gasteiger partial charge is 0.166 e. The molecule has 6 nitrogen and oxygen atoms in total. The Morgan fingerprint density at radius 3 is 1.50 bits per heavy atom. The van der Waals surface area contributed by atoms with Crippen LogP contribution in [0.2, 0.25) is 0 Å². The first-order valence-electron chi connectivity index (χ1n) is 6.23. The first-order valence-corrected chi connectivity index (χ1v) is 6.23. The SMILES string of the molecule is Bc1cnc2c3nccnc3c3nc(B)cnc3c2n1. The molecule has 92 valence electrons. The van der Waals surface area contributed by atoms with Gasteiger partial charge in [0.2, 0.25) is 0 Å². The highest BCUT2D eigenvalue weighted by Crippen LogP contribution is 2.26. The summed E-state index contributed by atoms with van der Waals surface area (Å²) in [7, 11) is 3.81. The Bertz CT molecular complexity index is 949. The van der Waals surface area contributed by atoms with E-state index in [0.29, 0.717) is 16.6 Å². The van der Waals surface area contributed by atoms with Crippen LogP contribution in [-0.2, 0) is 0 Å². The maximum Gasteiger partial charge on any atom is 0.166 e. The molecule has 0 N–H and O–H groups in total. The van der Waals surface area contributed by atoms with Gasteiger partial charge in [0, 0.05) is 36.0 Å². The normalized spacial score (nSPS) is 11.4. The van der Waals surface area contributed by atoms with Crippen molar-refractivity contribution in [2.24, 2.45) is 0 Å². The predicted octanol–water partition coefficient (Wildman–Crippen LogP) is -1.97. The van der Waals surface area contributed by atoms with Crippen LogP contribution in [0.15, 0.2) is 24.8 Å². The Hall–Kier alpha value is -2.63. The molecule has 0 fully saturated rings. The number of rotatable bonds is 0. The van der Waals surface area contributed by atoms with E-state index in [4.69, 9.17) is 0 Å². The van der Waals surface area contributed by atoms with Crippen LogP contribution in [0.1, 0.15) is 0 Å². The number of hydrogen-bond acceptors (Lipinski definition) is 6. The van der Waals surface area contributed by atoms with Gasteiger partial charge in [0.25, 0.3) is 0 Å². The maximum atomic E-state index is 4.55. The van der Waals surface area contributed by atoms with Gasteiger partial charge in [0.15, 0.2) is 15.7 Å². The van der Waals surface area contributed by atoms with Crippen LogP contribution >= 0.6 is 0 Å². The minimum atomic E-state index is 0.711. The fourth-order valence-corrected chi connectivity index (χ4v) is 2.32. The minimum absolute atomic E-state index is 0.711. The molecule has 0 radical (unpaired) electrons. The molecule has 1 aromatic carbocycles. The van der Waals surface area contributed by atoms with Crippen LogP contribution in [0, 0.1) is 0 Å². The van der Waals surface area contributed by atoms with Gasteiger partial charge in [-0.05, 0) is 0 Å². The number of hydrogen-bond donors (Lipinski definition) is 0.